The van der Waals surface area contributed by atoms with E-state index < -0.39 is 27.8 Å². The fourth-order valence-corrected chi connectivity index (χ4v) is 1.63. The van der Waals surface area contributed by atoms with Crippen LogP contribution in [0.4, 0.5) is 0 Å². The average Bonchev–Trinajstić information content (AvgIpc) is 1.98. The monoisotopic (exact) mass is 262 g/mol. The van der Waals surface area contributed by atoms with Crippen LogP contribution in [0.5, 0.6) is 0 Å². The Morgan fingerprint density at radius 1 is 1.53 bits per heavy atom. The number of allylic oxidation sites excluding steroid dienone is 1. The fraction of sp³-hybridized carbons (Fsp3) is 0.625. The van der Waals surface area contributed by atoms with Gasteiger partial charge in [0.2, 0.25) is 0 Å². The number of esters is 1. The normalized spacial score (nSPS) is 13.3. The Labute approximate surface area is 132 Å². The van der Waals surface area contributed by atoms with Crippen LogP contribution in [0.25, 0.3) is 0 Å². The van der Waals surface area contributed by atoms with E-state index in [4.69, 9.17) is 4.55 Å². The van der Waals surface area contributed by atoms with Gasteiger partial charge in [-0.05, 0) is 6.92 Å². The van der Waals surface area contributed by atoms with Crippen molar-refractivity contribution in [3.05, 3.63) is 12.2 Å². The number of hydrogen-bond donors (Lipinski definition) is 1. The van der Waals surface area contributed by atoms with Gasteiger partial charge >= 0.3 is 57.4 Å². The van der Waals surface area contributed by atoms with E-state index >= 15 is 0 Å². The van der Waals surface area contributed by atoms with E-state index in [2.05, 4.69) is 4.74 Å². The van der Waals surface area contributed by atoms with Crippen LogP contribution in [0.15, 0.2) is 12.2 Å². The Balaban J connectivity index is 0. The molecule has 5 nitrogen and oxygen atoms in total. The van der Waals surface area contributed by atoms with Crippen molar-refractivity contribution >= 4 is 67.5 Å². The van der Waals surface area contributed by atoms with Gasteiger partial charge in [0.05, 0.1) is 12.4 Å². The number of carbonyl (C=O) groups is 1. The molecule has 0 fully saturated rings. The molecule has 0 aromatic rings. The molecular weight excluding hydrogens is 247 g/mol. The van der Waals surface area contributed by atoms with Gasteiger partial charge in [0.1, 0.15) is 0 Å². The fourth-order valence-electron chi connectivity index (χ4n) is 0.816. The first-order valence-electron chi connectivity index (χ1n) is 4.09. The molecule has 0 aromatic heterocycles. The molecule has 0 aliphatic heterocycles. The molecule has 7 heteroatoms. The molecule has 0 amide bonds. The molecular formula is C8H15KO5S. The zero-order valence-corrected chi connectivity index (χ0v) is 8.95. The molecule has 0 saturated heterocycles. The molecule has 15 heavy (non-hydrogen) atoms. The van der Waals surface area contributed by atoms with E-state index in [9.17, 15) is 13.2 Å². The first kappa shape index (κ1) is 18.1. The molecule has 84 valence electrons. The summed E-state index contributed by atoms with van der Waals surface area (Å²) in [6.45, 7) is 3.21. The first-order valence-corrected chi connectivity index (χ1v) is 5.70. The molecule has 0 heterocycles. The van der Waals surface area contributed by atoms with Crippen LogP contribution in [0, 0.1) is 5.92 Å². The molecule has 0 spiro atoms. The third-order valence-corrected chi connectivity index (χ3v) is 2.30. The molecule has 1 unspecified atom stereocenters. The molecule has 1 atom stereocenters. The van der Waals surface area contributed by atoms with E-state index in [0.717, 1.165) is 0 Å². The van der Waals surface area contributed by atoms with Gasteiger partial charge in [-0.2, -0.15) is 8.42 Å². The molecule has 0 radical (unpaired) electrons. The van der Waals surface area contributed by atoms with Crippen LogP contribution >= 0.6 is 0 Å². The Morgan fingerprint density at radius 2 is 2.07 bits per heavy atom. The summed E-state index contributed by atoms with van der Waals surface area (Å²) in [5.74, 6) is -1.34. The number of ether oxygens (including phenoxy) is 1. The van der Waals surface area contributed by atoms with Crippen molar-refractivity contribution in [3.63, 3.8) is 0 Å². The first-order chi connectivity index (χ1) is 6.35. The van der Waals surface area contributed by atoms with E-state index in [1.807, 2.05) is 0 Å². The van der Waals surface area contributed by atoms with Gasteiger partial charge in [0.15, 0.2) is 0 Å². The van der Waals surface area contributed by atoms with Crippen molar-refractivity contribution in [2.24, 2.45) is 5.92 Å². The van der Waals surface area contributed by atoms with E-state index in [0.29, 0.717) is 0 Å². The number of hydrogen-bond acceptors (Lipinski definition) is 4. The third-order valence-electron chi connectivity index (χ3n) is 1.31. The van der Waals surface area contributed by atoms with E-state index in [1.54, 1.807) is 13.8 Å². The predicted molar refractivity (Wildman–Crippen MR) is 58.5 cm³/mol. The summed E-state index contributed by atoms with van der Waals surface area (Å²) < 4.78 is 34.0. The quantitative estimate of drug-likeness (QED) is 0.326. The minimum absolute atomic E-state index is 0. The van der Waals surface area contributed by atoms with Gasteiger partial charge in [-0.25, -0.2) is 4.79 Å². The van der Waals surface area contributed by atoms with Crippen molar-refractivity contribution in [2.75, 3.05) is 12.4 Å². The molecule has 0 aliphatic carbocycles. The Kier molecular flexibility index (Phi) is 10.7. The van der Waals surface area contributed by atoms with Crippen molar-refractivity contribution in [2.45, 2.75) is 13.8 Å². The second-order valence-corrected chi connectivity index (χ2v) is 4.48. The summed E-state index contributed by atoms with van der Waals surface area (Å²) in [6, 6.07) is 0. The summed E-state index contributed by atoms with van der Waals surface area (Å²) in [5.41, 5.74) is 0. The van der Waals surface area contributed by atoms with E-state index in [-0.39, 0.29) is 58.0 Å². The molecule has 0 saturated carbocycles. The average molecular weight is 262 g/mol. The van der Waals surface area contributed by atoms with Gasteiger partial charge in [-0.3, -0.25) is 4.55 Å². The van der Waals surface area contributed by atoms with Gasteiger partial charge < -0.3 is 4.74 Å². The van der Waals surface area contributed by atoms with Crippen LogP contribution in [0.3, 0.4) is 0 Å². The van der Waals surface area contributed by atoms with Crippen LogP contribution < -0.4 is 0 Å². The maximum atomic E-state index is 10.8. The second-order valence-electron chi connectivity index (χ2n) is 2.98. The predicted octanol–water partition coefficient (Wildman–Crippen LogP) is -0.0189. The van der Waals surface area contributed by atoms with Crippen LogP contribution in [0.1, 0.15) is 13.8 Å². The zero-order chi connectivity index (χ0) is 11.2. The van der Waals surface area contributed by atoms with Crippen molar-refractivity contribution in [1.82, 2.24) is 0 Å². The topological polar surface area (TPSA) is 80.7 Å². The van der Waals surface area contributed by atoms with Gasteiger partial charge in [0.25, 0.3) is 10.1 Å². The number of carbonyl (C=O) groups excluding carboxylic acids is 1. The standard InChI is InChI=1S/C8H14O5S.K.H/c1-3-4-8(9)13-5-7(2)6-14(10,11)12;;/h3-4,7H,5-6H2,1-2H3,(H,10,11,12);;. The number of rotatable bonds is 5. The Morgan fingerprint density at radius 3 is 2.47 bits per heavy atom. The van der Waals surface area contributed by atoms with Crippen LogP contribution in [-0.4, -0.2) is 82.7 Å². The summed E-state index contributed by atoms with van der Waals surface area (Å²) in [7, 11) is -3.99. The summed E-state index contributed by atoms with van der Waals surface area (Å²) in [6.07, 6.45) is 2.76. The Bertz CT molecular complexity index is 309. The van der Waals surface area contributed by atoms with Gasteiger partial charge in [-0.15, -0.1) is 0 Å². The van der Waals surface area contributed by atoms with Gasteiger partial charge in [-0.1, -0.05) is 13.0 Å². The molecule has 0 aliphatic rings. The Hall–Kier alpha value is 0.756. The van der Waals surface area contributed by atoms with Crippen molar-refractivity contribution in [3.8, 4) is 0 Å². The molecule has 1 N–H and O–H groups in total. The summed E-state index contributed by atoms with van der Waals surface area (Å²) in [4.78, 5) is 10.8. The second kappa shape index (κ2) is 8.86. The molecule has 0 bridgehead atoms. The van der Waals surface area contributed by atoms with Crippen molar-refractivity contribution in [1.29, 1.82) is 0 Å². The van der Waals surface area contributed by atoms with E-state index in [1.165, 1.54) is 12.2 Å². The van der Waals surface area contributed by atoms with Gasteiger partial charge in [0, 0.05) is 12.0 Å². The van der Waals surface area contributed by atoms with Crippen LogP contribution in [0.2, 0.25) is 0 Å². The van der Waals surface area contributed by atoms with Crippen molar-refractivity contribution < 1.29 is 22.5 Å². The molecule has 0 aromatic carbocycles. The minimum atomic E-state index is -3.99. The third kappa shape index (κ3) is 12.7. The summed E-state index contributed by atoms with van der Waals surface area (Å²) in [5, 5.41) is 0. The molecule has 0 rings (SSSR count). The SMILES string of the molecule is CC=CC(=O)OCC(C)CS(=O)(=O)O.[KH]. The zero-order valence-electron chi connectivity index (χ0n) is 8.13. The summed E-state index contributed by atoms with van der Waals surface area (Å²) >= 11 is 0. The maximum absolute atomic E-state index is 10.8. The van der Waals surface area contributed by atoms with Crippen LogP contribution in [-0.2, 0) is 19.6 Å².